The van der Waals surface area contributed by atoms with Crippen molar-refractivity contribution in [2.75, 3.05) is 35.8 Å². The summed E-state index contributed by atoms with van der Waals surface area (Å²) in [6, 6.07) is 18.2. The molecular formula is C30H26N6O9. The van der Waals surface area contributed by atoms with Crippen molar-refractivity contribution in [2.24, 2.45) is 20.4 Å². The van der Waals surface area contributed by atoms with Gasteiger partial charge in [0.25, 0.3) is 0 Å². The largest absolute Gasteiger partial charge is 0.448 e. The molecule has 0 unspecified atom stereocenters. The molecule has 15 heteroatoms. The van der Waals surface area contributed by atoms with Gasteiger partial charge in [-0.15, -0.1) is 0 Å². The van der Waals surface area contributed by atoms with Crippen molar-refractivity contribution >= 4 is 70.6 Å². The van der Waals surface area contributed by atoms with Gasteiger partial charge in [0.15, 0.2) is 0 Å². The van der Waals surface area contributed by atoms with Crippen molar-refractivity contribution in [1.82, 2.24) is 0 Å². The van der Waals surface area contributed by atoms with Crippen LogP contribution in [0.15, 0.2) is 87.8 Å². The summed E-state index contributed by atoms with van der Waals surface area (Å²) >= 11 is 0. The van der Waals surface area contributed by atoms with Gasteiger partial charge < -0.3 is 14.2 Å². The standard InChI is InChI=1S/C30H26N6O9/c1-2-30(15-43-27(40)34-24-9-3-6-21(12-24)31-18-37,16-44-28(41)35-25-10-4-7-22(13-25)32-19-38)17-45-29(42)36-26-11-5-8-23(14-26)33-20-39/h3-14H,2,15-17H2,1H3,(H,34,40)(H,35,41)(H,36,42). The van der Waals surface area contributed by atoms with Crippen LogP contribution in [0, 0.1) is 5.41 Å². The van der Waals surface area contributed by atoms with E-state index in [0.717, 1.165) is 0 Å². The SMILES string of the molecule is CCC(COC(=O)Nc1cccc(N=C=O)c1)(COC(=O)Nc1cccc(N=C=O)c1)COC(=O)Nc1cccc(N=C=O)c1. The fourth-order valence-corrected chi connectivity index (χ4v) is 3.67. The number of ether oxygens (including phenoxy) is 3. The topological polar surface area (TPSA) is 203 Å². The maximum Gasteiger partial charge on any atom is 0.411 e. The summed E-state index contributed by atoms with van der Waals surface area (Å²) in [7, 11) is 0. The molecule has 3 aromatic rings. The van der Waals surface area contributed by atoms with Gasteiger partial charge in [0.2, 0.25) is 18.2 Å². The van der Waals surface area contributed by atoms with Crippen molar-refractivity contribution in [2.45, 2.75) is 13.3 Å². The predicted molar refractivity (Wildman–Crippen MR) is 160 cm³/mol. The number of benzene rings is 3. The number of carbonyl (C=O) groups is 3. The molecule has 0 aromatic heterocycles. The second-order valence-electron chi connectivity index (χ2n) is 9.22. The molecule has 3 N–H and O–H groups in total. The van der Waals surface area contributed by atoms with Gasteiger partial charge in [0.05, 0.1) is 22.5 Å². The van der Waals surface area contributed by atoms with Crippen molar-refractivity contribution in [1.29, 1.82) is 0 Å². The summed E-state index contributed by atoms with van der Waals surface area (Å²) in [5.74, 6) is 0. The summed E-state index contributed by atoms with van der Waals surface area (Å²) in [6.45, 7) is 0.659. The lowest BCUT2D eigenvalue weighted by atomic mass is 9.88. The number of carbonyl (C=O) groups excluding carboxylic acids is 6. The first-order valence-corrected chi connectivity index (χ1v) is 13.1. The minimum absolute atomic E-state index is 0.220. The van der Waals surface area contributed by atoms with E-state index in [1.54, 1.807) is 43.3 Å². The molecule has 0 fully saturated rings. The number of nitrogens with zero attached hydrogens (tertiary/aromatic N) is 3. The van der Waals surface area contributed by atoms with Crippen LogP contribution >= 0.6 is 0 Å². The highest BCUT2D eigenvalue weighted by molar-refractivity contribution is 5.87. The van der Waals surface area contributed by atoms with Gasteiger partial charge in [-0.1, -0.05) is 25.1 Å². The number of aliphatic imine (C=N–C) groups is 3. The summed E-state index contributed by atoms with van der Waals surface area (Å²) in [4.78, 5) is 80.0. The number of hydrogen-bond donors (Lipinski definition) is 3. The molecule has 0 atom stereocenters. The van der Waals surface area contributed by atoms with Crippen LogP contribution in [0.25, 0.3) is 0 Å². The van der Waals surface area contributed by atoms with E-state index in [1.165, 1.54) is 54.6 Å². The summed E-state index contributed by atoms with van der Waals surface area (Å²) in [5, 5.41) is 7.50. The molecule has 0 spiro atoms. The lowest BCUT2D eigenvalue weighted by Gasteiger charge is -2.31. The number of amides is 3. The zero-order chi connectivity index (χ0) is 32.5. The molecule has 3 rings (SSSR count). The molecule has 45 heavy (non-hydrogen) atoms. The lowest BCUT2D eigenvalue weighted by molar-refractivity contribution is -0.0104. The van der Waals surface area contributed by atoms with E-state index in [-0.39, 0.29) is 60.4 Å². The fourth-order valence-electron chi connectivity index (χ4n) is 3.67. The highest BCUT2D eigenvalue weighted by Crippen LogP contribution is 2.26. The van der Waals surface area contributed by atoms with Crippen LogP contribution in [0.3, 0.4) is 0 Å². The molecule has 0 heterocycles. The molecule has 0 saturated heterocycles. The number of anilines is 3. The van der Waals surface area contributed by atoms with Gasteiger partial charge >= 0.3 is 18.3 Å². The fraction of sp³-hybridized carbons (Fsp3) is 0.200. The van der Waals surface area contributed by atoms with Gasteiger partial charge in [0.1, 0.15) is 19.8 Å². The van der Waals surface area contributed by atoms with Gasteiger partial charge in [-0.05, 0) is 61.0 Å². The Morgan fingerprint density at radius 2 is 0.911 bits per heavy atom. The average molecular weight is 615 g/mol. The van der Waals surface area contributed by atoms with Crippen LogP contribution in [-0.4, -0.2) is 56.3 Å². The summed E-state index contributed by atoms with van der Waals surface area (Å²) in [5.41, 5.74) is 0.430. The van der Waals surface area contributed by atoms with Crippen molar-refractivity contribution in [3.05, 3.63) is 72.8 Å². The first-order chi connectivity index (χ1) is 21.8. The normalized spacial score (nSPS) is 11.1. The zero-order valence-electron chi connectivity index (χ0n) is 23.8. The zero-order valence-corrected chi connectivity index (χ0v) is 23.8. The second-order valence-corrected chi connectivity index (χ2v) is 9.22. The van der Waals surface area contributed by atoms with Gasteiger partial charge in [-0.3, -0.25) is 16.0 Å². The van der Waals surface area contributed by atoms with E-state index in [9.17, 15) is 28.8 Å². The van der Waals surface area contributed by atoms with E-state index in [0.29, 0.717) is 0 Å². The average Bonchev–Trinajstić information content (AvgIpc) is 3.02. The molecule has 0 aliphatic rings. The second kappa shape index (κ2) is 16.9. The number of rotatable bonds is 13. The Kier molecular flexibility index (Phi) is 12.4. The molecule has 0 bridgehead atoms. The Labute approximate surface area is 256 Å². The van der Waals surface area contributed by atoms with E-state index in [2.05, 4.69) is 30.9 Å². The molecule has 0 saturated carbocycles. The monoisotopic (exact) mass is 614 g/mol. The molecule has 15 nitrogen and oxygen atoms in total. The van der Waals surface area contributed by atoms with Crippen molar-refractivity contribution < 1.29 is 43.0 Å². The van der Waals surface area contributed by atoms with Gasteiger partial charge in [0, 0.05) is 17.1 Å². The first-order valence-electron chi connectivity index (χ1n) is 13.1. The minimum Gasteiger partial charge on any atom is -0.448 e. The van der Waals surface area contributed by atoms with Crippen LogP contribution in [0.2, 0.25) is 0 Å². The third-order valence-corrected chi connectivity index (χ3v) is 6.08. The molecule has 3 amide bonds. The third-order valence-electron chi connectivity index (χ3n) is 6.08. The number of hydrogen-bond acceptors (Lipinski definition) is 12. The Balaban J connectivity index is 1.70. The Morgan fingerprint density at radius 1 is 0.600 bits per heavy atom. The van der Waals surface area contributed by atoms with E-state index < -0.39 is 23.7 Å². The van der Waals surface area contributed by atoms with Crippen LogP contribution in [0.1, 0.15) is 13.3 Å². The van der Waals surface area contributed by atoms with E-state index in [1.807, 2.05) is 0 Å². The highest BCUT2D eigenvalue weighted by atomic mass is 16.6. The van der Waals surface area contributed by atoms with Crippen LogP contribution in [0.4, 0.5) is 48.5 Å². The predicted octanol–water partition coefficient (Wildman–Crippen LogP) is 6.03. The van der Waals surface area contributed by atoms with Crippen LogP contribution in [0.5, 0.6) is 0 Å². The molecule has 0 radical (unpaired) electrons. The summed E-state index contributed by atoms with van der Waals surface area (Å²) in [6.07, 6.45) is 1.80. The quantitative estimate of drug-likeness (QED) is 0.117. The summed E-state index contributed by atoms with van der Waals surface area (Å²) < 4.78 is 16.2. The van der Waals surface area contributed by atoms with E-state index >= 15 is 0 Å². The van der Waals surface area contributed by atoms with Crippen molar-refractivity contribution in [3.63, 3.8) is 0 Å². The van der Waals surface area contributed by atoms with Crippen LogP contribution < -0.4 is 16.0 Å². The molecular weight excluding hydrogens is 588 g/mol. The highest BCUT2D eigenvalue weighted by Gasteiger charge is 2.34. The lowest BCUT2D eigenvalue weighted by Crippen LogP contribution is -2.40. The Morgan fingerprint density at radius 3 is 1.18 bits per heavy atom. The van der Waals surface area contributed by atoms with Gasteiger partial charge in [-0.2, -0.15) is 15.0 Å². The molecule has 0 aliphatic carbocycles. The van der Waals surface area contributed by atoms with Crippen LogP contribution in [-0.2, 0) is 28.6 Å². The molecule has 0 aliphatic heterocycles. The first kappa shape index (κ1) is 33.1. The van der Waals surface area contributed by atoms with Crippen molar-refractivity contribution in [3.8, 4) is 0 Å². The molecule has 3 aromatic carbocycles. The molecule has 230 valence electrons. The van der Waals surface area contributed by atoms with E-state index in [4.69, 9.17) is 14.2 Å². The smallest absolute Gasteiger partial charge is 0.411 e. The number of nitrogens with one attached hydrogen (secondary N) is 3. The minimum atomic E-state index is -1.21. The maximum absolute atomic E-state index is 12.6. The Bertz CT molecular complexity index is 1480. The number of isocyanates is 3. The van der Waals surface area contributed by atoms with Gasteiger partial charge in [-0.25, -0.2) is 28.8 Å². The third kappa shape index (κ3) is 11.1. The maximum atomic E-state index is 12.6. The Hall–Kier alpha value is -6.39.